The van der Waals surface area contributed by atoms with Crippen LogP contribution in [0.4, 0.5) is 4.39 Å². The Morgan fingerprint density at radius 3 is 2.88 bits per heavy atom. The van der Waals surface area contributed by atoms with Crippen molar-refractivity contribution in [2.45, 2.75) is 38.5 Å². The fourth-order valence-corrected chi connectivity index (χ4v) is 6.30. The molecule has 34 heavy (non-hydrogen) atoms. The van der Waals surface area contributed by atoms with E-state index in [9.17, 15) is 14.3 Å². The summed E-state index contributed by atoms with van der Waals surface area (Å²) in [5.41, 5.74) is 6.13. The lowest BCUT2D eigenvalue weighted by atomic mass is 9.96. The standard InChI is InChI=1S/C28H23FINO2S/c29-23-7-3-8-24(30)21(23)14-15-26(33)28-31-25-9-2-5-18-10-11-19(16-22(18)27(25)34-28)17-4-1-6-20(32)13-12-17/h3-4,6-8,10-13,16,32H,1-2,5,9,14-15H2. The van der Waals surface area contributed by atoms with Gasteiger partial charge in [0, 0.05) is 15.6 Å². The van der Waals surface area contributed by atoms with E-state index in [0.717, 1.165) is 50.1 Å². The zero-order chi connectivity index (χ0) is 23.7. The number of allylic oxidation sites excluding steroid dienone is 5. The van der Waals surface area contributed by atoms with Gasteiger partial charge in [0.25, 0.3) is 0 Å². The van der Waals surface area contributed by atoms with Crippen molar-refractivity contribution >= 4 is 45.3 Å². The Morgan fingerprint density at radius 2 is 2.03 bits per heavy atom. The number of hydrogen-bond acceptors (Lipinski definition) is 4. The predicted octanol–water partition coefficient (Wildman–Crippen LogP) is 7.64. The van der Waals surface area contributed by atoms with E-state index in [2.05, 4.69) is 46.9 Å². The lowest BCUT2D eigenvalue weighted by molar-refractivity contribution is 0.0982. The summed E-state index contributed by atoms with van der Waals surface area (Å²) in [5.74, 6) is -0.0220. The van der Waals surface area contributed by atoms with Crippen LogP contribution in [0.25, 0.3) is 16.0 Å². The third kappa shape index (κ3) is 4.79. The number of aryl methyl sites for hydroxylation is 2. The minimum Gasteiger partial charge on any atom is -0.508 e. The van der Waals surface area contributed by atoms with Gasteiger partial charge in [0.1, 0.15) is 11.6 Å². The third-order valence-corrected chi connectivity index (χ3v) is 8.43. The van der Waals surface area contributed by atoms with E-state index in [0.29, 0.717) is 23.4 Å². The van der Waals surface area contributed by atoms with Gasteiger partial charge in [-0.15, -0.1) is 11.3 Å². The van der Waals surface area contributed by atoms with E-state index in [4.69, 9.17) is 4.98 Å². The number of Topliss-reactive ketones (excluding diaryl/α,β-unsaturated/α-hetero) is 1. The molecule has 2 aromatic carbocycles. The van der Waals surface area contributed by atoms with Gasteiger partial charge in [-0.3, -0.25) is 4.79 Å². The normalized spacial score (nSPS) is 15.0. The number of thiazole rings is 1. The topological polar surface area (TPSA) is 50.2 Å². The highest BCUT2D eigenvalue weighted by Crippen LogP contribution is 2.39. The molecule has 3 nitrogen and oxygen atoms in total. The Hall–Kier alpha value is -2.58. The lowest BCUT2D eigenvalue weighted by Crippen LogP contribution is -2.04. The van der Waals surface area contributed by atoms with Gasteiger partial charge in [-0.2, -0.15) is 0 Å². The van der Waals surface area contributed by atoms with Crippen molar-refractivity contribution in [3.63, 3.8) is 0 Å². The lowest BCUT2D eigenvalue weighted by Gasteiger charge is -2.10. The number of hydrogen-bond donors (Lipinski definition) is 1. The Labute approximate surface area is 215 Å². The molecule has 0 fully saturated rings. The molecule has 0 atom stereocenters. The van der Waals surface area contributed by atoms with Crippen LogP contribution < -0.4 is 0 Å². The van der Waals surface area contributed by atoms with E-state index >= 15 is 0 Å². The van der Waals surface area contributed by atoms with Crippen LogP contribution in [0.2, 0.25) is 0 Å². The zero-order valence-electron chi connectivity index (χ0n) is 18.5. The highest BCUT2D eigenvalue weighted by molar-refractivity contribution is 14.1. The monoisotopic (exact) mass is 583 g/mol. The van der Waals surface area contributed by atoms with Gasteiger partial charge >= 0.3 is 0 Å². The maximum absolute atomic E-state index is 14.2. The van der Waals surface area contributed by atoms with Gasteiger partial charge in [0.05, 0.1) is 10.6 Å². The number of fused-ring (bicyclic) bond motifs is 3. The van der Waals surface area contributed by atoms with Crippen LogP contribution in [0.3, 0.4) is 0 Å². The Balaban J connectivity index is 1.43. The molecule has 5 rings (SSSR count). The zero-order valence-corrected chi connectivity index (χ0v) is 21.5. The quantitative estimate of drug-likeness (QED) is 0.248. The van der Waals surface area contributed by atoms with E-state index in [-0.39, 0.29) is 23.8 Å². The van der Waals surface area contributed by atoms with Crippen molar-refractivity contribution in [2.24, 2.45) is 0 Å². The van der Waals surface area contributed by atoms with E-state index in [1.54, 1.807) is 18.2 Å². The molecule has 2 aliphatic rings. The minimum absolute atomic E-state index is 0.0363. The number of benzene rings is 2. The van der Waals surface area contributed by atoms with Crippen LogP contribution in [0, 0.1) is 9.39 Å². The Kier molecular flexibility index (Phi) is 6.79. The fourth-order valence-electron chi connectivity index (χ4n) is 4.43. The number of carbonyl (C=O) groups is 1. The largest absolute Gasteiger partial charge is 0.508 e. The van der Waals surface area contributed by atoms with Crippen molar-refractivity contribution in [1.29, 1.82) is 0 Å². The van der Waals surface area contributed by atoms with Crippen molar-refractivity contribution in [3.05, 3.63) is 103 Å². The van der Waals surface area contributed by atoms with Crippen molar-refractivity contribution in [1.82, 2.24) is 4.98 Å². The first-order chi connectivity index (χ1) is 16.5. The number of aromatic nitrogens is 1. The van der Waals surface area contributed by atoms with Crippen LogP contribution in [0.1, 0.15) is 51.4 Å². The maximum Gasteiger partial charge on any atom is 0.191 e. The second kappa shape index (κ2) is 9.96. The minimum atomic E-state index is -0.263. The van der Waals surface area contributed by atoms with Gasteiger partial charge in [-0.25, -0.2) is 9.37 Å². The van der Waals surface area contributed by atoms with Crippen LogP contribution in [-0.2, 0) is 19.3 Å². The van der Waals surface area contributed by atoms with Crippen LogP contribution in [-0.4, -0.2) is 15.9 Å². The molecule has 0 spiro atoms. The highest BCUT2D eigenvalue weighted by atomic mass is 127. The summed E-state index contributed by atoms with van der Waals surface area (Å²) in [7, 11) is 0. The van der Waals surface area contributed by atoms with Crippen molar-refractivity contribution in [2.75, 3.05) is 0 Å². The molecule has 0 saturated heterocycles. The first kappa shape index (κ1) is 23.2. The number of aliphatic hydroxyl groups excluding tert-OH is 1. The van der Waals surface area contributed by atoms with Crippen molar-refractivity contribution < 1.29 is 14.3 Å². The molecule has 0 aliphatic heterocycles. The van der Waals surface area contributed by atoms with Crippen LogP contribution >= 0.6 is 33.9 Å². The molecule has 0 amide bonds. The highest BCUT2D eigenvalue weighted by Gasteiger charge is 2.23. The first-order valence-corrected chi connectivity index (χ1v) is 13.3. The Bertz CT molecular complexity index is 1350. The number of carbonyl (C=O) groups excluding carboxylic acids is 1. The molecule has 0 bridgehead atoms. The summed E-state index contributed by atoms with van der Waals surface area (Å²) >= 11 is 3.57. The molecule has 2 aliphatic carbocycles. The van der Waals surface area contributed by atoms with Gasteiger partial charge in [-0.05, 0) is 107 Å². The molecule has 1 heterocycles. The molecular formula is C28H23FINO2S. The molecule has 0 radical (unpaired) electrons. The van der Waals surface area contributed by atoms with Crippen LogP contribution in [0.5, 0.6) is 0 Å². The smallest absolute Gasteiger partial charge is 0.191 e. The first-order valence-electron chi connectivity index (χ1n) is 11.4. The molecule has 0 unspecified atom stereocenters. The fraction of sp³-hybridized carbons (Fsp3) is 0.214. The van der Waals surface area contributed by atoms with Crippen molar-refractivity contribution in [3.8, 4) is 10.4 Å². The number of halogens is 2. The van der Waals surface area contributed by atoms with E-state index in [1.165, 1.54) is 23.0 Å². The molecule has 1 aromatic heterocycles. The average molecular weight is 583 g/mol. The average Bonchev–Trinajstić information content (AvgIpc) is 3.02. The number of ketones is 1. The summed E-state index contributed by atoms with van der Waals surface area (Å²) in [6, 6.07) is 11.5. The second-order valence-electron chi connectivity index (χ2n) is 8.50. The number of rotatable bonds is 5. The van der Waals surface area contributed by atoms with Gasteiger partial charge < -0.3 is 5.11 Å². The predicted molar refractivity (Wildman–Crippen MR) is 144 cm³/mol. The molecular weight excluding hydrogens is 560 g/mol. The van der Waals surface area contributed by atoms with Gasteiger partial charge in [-0.1, -0.05) is 30.4 Å². The molecule has 1 N–H and O–H groups in total. The maximum atomic E-state index is 14.2. The molecule has 172 valence electrons. The second-order valence-corrected chi connectivity index (χ2v) is 10.7. The summed E-state index contributed by atoms with van der Waals surface area (Å²) < 4.78 is 15.0. The summed E-state index contributed by atoms with van der Waals surface area (Å²) in [5, 5.41) is 10.3. The summed E-state index contributed by atoms with van der Waals surface area (Å²) in [4.78, 5) is 18.8. The molecule has 3 aromatic rings. The number of aliphatic hydroxyl groups is 1. The van der Waals surface area contributed by atoms with Gasteiger partial charge in [0.2, 0.25) is 0 Å². The molecule has 6 heteroatoms. The van der Waals surface area contributed by atoms with E-state index < -0.39 is 0 Å². The van der Waals surface area contributed by atoms with Gasteiger partial charge in [0.15, 0.2) is 10.8 Å². The SMILES string of the molecule is O=C(CCc1c(F)cccc1I)c1nc2c(s1)-c1cc(C3=CCC=C(O)C=C3)ccc1CCC2. The number of nitrogens with zero attached hydrogens (tertiary/aromatic N) is 1. The summed E-state index contributed by atoms with van der Waals surface area (Å²) in [6.45, 7) is 0. The van der Waals surface area contributed by atoms with E-state index in [1.807, 2.05) is 12.1 Å². The Morgan fingerprint density at radius 1 is 1.15 bits per heavy atom. The molecule has 0 saturated carbocycles. The van der Waals surface area contributed by atoms with Crippen LogP contribution in [0.15, 0.2) is 66.5 Å². The third-order valence-electron chi connectivity index (χ3n) is 6.25. The summed E-state index contributed by atoms with van der Waals surface area (Å²) in [6.07, 6.45) is 11.6.